The van der Waals surface area contributed by atoms with E-state index in [1.165, 1.54) is 35.4 Å². The first-order chi connectivity index (χ1) is 22.6. The highest BCUT2D eigenvalue weighted by molar-refractivity contribution is 9.10. The third-order valence-electron chi connectivity index (χ3n) is 6.39. The Bertz CT molecular complexity index is 1920. The lowest BCUT2D eigenvalue weighted by Crippen LogP contribution is -2.48. The topological polar surface area (TPSA) is 170 Å². The van der Waals surface area contributed by atoms with E-state index < -0.39 is 30.4 Å². The molecule has 12 nitrogen and oxygen atoms in total. The Labute approximate surface area is 285 Å². The van der Waals surface area contributed by atoms with E-state index in [9.17, 15) is 29.1 Å². The number of hydrogen-bond acceptors (Lipinski definition) is 10. The molecule has 0 radical (unpaired) electrons. The van der Waals surface area contributed by atoms with E-state index >= 15 is 0 Å². The molecule has 0 unspecified atom stereocenters. The molecular formula is C32H21BrN5O7S2-. The number of ether oxygens (including phenoxy) is 1. The van der Waals surface area contributed by atoms with Crippen molar-refractivity contribution in [1.82, 2.24) is 21.2 Å². The lowest BCUT2D eigenvalue weighted by molar-refractivity contribution is -0.307. The van der Waals surface area contributed by atoms with E-state index in [0.29, 0.717) is 37.5 Å². The fourth-order valence-corrected chi connectivity index (χ4v) is 5.71. The predicted octanol–water partition coefficient (Wildman–Crippen LogP) is 3.83. The van der Waals surface area contributed by atoms with Crippen molar-refractivity contribution in [3.05, 3.63) is 117 Å². The molecule has 1 aliphatic heterocycles. The molecule has 0 spiro atoms. The van der Waals surface area contributed by atoms with E-state index in [4.69, 9.17) is 17.0 Å². The van der Waals surface area contributed by atoms with Gasteiger partial charge in [-0.05, 0) is 72.3 Å². The smallest absolute Gasteiger partial charge is 0.340 e. The number of amides is 5. The second-order valence-corrected chi connectivity index (χ2v) is 12.2. The number of urea groups is 1. The second kappa shape index (κ2) is 14.8. The van der Waals surface area contributed by atoms with Crippen LogP contribution in [-0.4, -0.2) is 45.6 Å². The number of thiocarbonyl (C=S) groups is 1. The van der Waals surface area contributed by atoms with Crippen LogP contribution in [0.5, 0.6) is 5.75 Å². The van der Waals surface area contributed by atoms with Crippen LogP contribution in [0.4, 0.5) is 10.5 Å². The van der Waals surface area contributed by atoms with Crippen molar-refractivity contribution in [2.45, 2.75) is 0 Å². The Balaban J connectivity index is 1.19. The van der Waals surface area contributed by atoms with Crippen LogP contribution < -0.4 is 30.9 Å². The van der Waals surface area contributed by atoms with Crippen molar-refractivity contribution < 1.29 is 33.8 Å². The van der Waals surface area contributed by atoms with Gasteiger partial charge in [-0.25, -0.2) is 10.2 Å². The Morgan fingerprint density at radius 1 is 0.915 bits per heavy atom. The number of nitrogens with zero attached hydrogens (tertiary/aromatic N) is 2. The molecule has 1 fully saturated rings. The molecule has 1 aromatic heterocycles. The predicted molar refractivity (Wildman–Crippen MR) is 180 cm³/mol. The van der Waals surface area contributed by atoms with Gasteiger partial charge < -0.3 is 14.6 Å². The van der Waals surface area contributed by atoms with Crippen LogP contribution in [-0.2, 0) is 9.59 Å². The molecule has 15 heteroatoms. The fourth-order valence-electron chi connectivity index (χ4n) is 4.15. The van der Waals surface area contributed by atoms with Crippen molar-refractivity contribution in [2.75, 3.05) is 11.5 Å². The third-order valence-corrected chi connectivity index (χ3v) is 8.23. The molecule has 5 rings (SSSR count). The van der Waals surface area contributed by atoms with Gasteiger partial charge in [0.05, 0.1) is 22.3 Å². The summed E-state index contributed by atoms with van der Waals surface area (Å²) in [5, 5.41) is 12.7. The average molecular weight is 732 g/mol. The number of halogens is 1. The van der Waals surface area contributed by atoms with Crippen LogP contribution in [0.3, 0.4) is 0 Å². The largest absolute Gasteiger partial charge is 0.546 e. The zero-order chi connectivity index (χ0) is 33.5. The number of benzene rings is 3. The first-order valence-corrected chi connectivity index (χ1v) is 15.5. The van der Waals surface area contributed by atoms with Crippen molar-refractivity contribution in [2.24, 2.45) is 0 Å². The number of pyridine rings is 1. The van der Waals surface area contributed by atoms with Gasteiger partial charge in [-0.2, -0.15) is 0 Å². The SMILES string of the molecule is O=C([O-])COc1ccc(/C=C2\SC(=S)N(c3ccc(-c4cc(C(=O)NNC(=O)NC(=O)c5ccc(Br)cc5)ccn4)cc3)C2=O)cc1. The minimum absolute atomic E-state index is 0.194. The molecule has 2 heterocycles. The number of carbonyl (C=O) groups is 5. The van der Waals surface area contributed by atoms with E-state index in [2.05, 4.69) is 37.1 Å². The standard InChI is InChI=1S/C32H22BrN5O7S2/c33-22-7-3-20(4-8-22)28(41)35-31(44)37-36-29(42)21-13-14-34-25(16-21)19-5-9-23(10-6-19)38-30(43)26(47-32(38)46)15-18-1-11-24(12-2-18)45-17-27(39)40/h1-16H,17H2,(H,36,42)(H,39,40)(H2,35,37,41,44)/p-1/b26-15-. The number of carboxylic acids is 1. The van der Waals surface area contributed by atoms with Crippen molar-refractivity contribution in [3.63, 3.8) is 0 Å². The molecule has 236 valence electrons. The maximum absolute atomic E-state index is 13.2. The number of carboxylic acid groups (broad SMARTS) is 1. The summed E-state index contributed by atoms with van der Waals surface area (Å²) in [5.74, 6) is -2.57. The van der Waals surface area contributed by atoms with Crippen molar-refractivity contribution in [3.8, 4) is 17.0 Å². The van der Waals surface area contributed by atoms with Crippen molar-refractivity contribution in [1.29, 1.82) is 0 Å². The zero-order valence-corrected chi connectivity index (χ0v) is 27.1. The third kappa shape index (κ3) is 8.46. The molecule has 0 aliphatic carbocycles. The highest BCUT2D eigenvalue weighted by Crippen LogP contribution is 2.36. The Morgan fingerprint density at radius 3 is 2.30 bits per heavy atom. The Morgan fingerprint density at radius 2 is 1.62 bits per heavy atom. The zero-order valence-electron chi connectivity index (χ0n) is 23.9. The Kier molecular flexibility index (Phi) is 10.4. The number of hydrazine groups is 1. The fraction of sp³-hybridized carbons (Fsp3) is 0.0312. The van der Waals surface area contributed by atoms with Crippen LogP contribution in [0.2, 0.25) is 0 Å². The van der Waals surface area contributed by atoms with E-state index in [-0.39, 0.29) is 17.0 Å². The van der Waals surface area contributed by atoms with Crippen LogP contribution in [0.1, 0.15) is 26.3 Å². The maximum atomic E-state index is 13.2. The first kappa shape index (κ1) is 33.0. The van der Waals surface area contributed by atoms with Crippen LogP contribution in [0.15, 0.2) is 101 Å². The second-order valence-electron chi connectivity index (χ2n) is 9.59. The summed E-state index contributed by atoms with van der Waals surface area (Å²) < 4.78 is 6.19. The lowest BCUT2D eigenvalue weighted by atomic mass is 10.1. The highest BCUT2D eigenvalue weighted by Gasteiger charge is 2.33. The van der Waals surface area contributed by atoms with Crippen molar-refractivity contribution >= 4 is 85.7 Å². The van der Waals surface area contributed by atoms with Gasteiger partial charge in [0.25, 0.3) is 17.7 Å². The summed E-state index contributed by atoms with van der Waals surface area (Å²) in [6.45, 7) is -0.565. The van der Waals surface area contributed by atoms with Gasteiger partial charge in [-0.1, -0.05) is 64.2 Å². The molecule has 3 aromatic carbocycles. The molecule has 0 atom stereocenters. The van der Waals surface area contributed by atoms with E-state index in [1.54, 1.807) is 66.7 Å². The molecule has 3 N–H and O–H groups in total. The first-order valence-electron chi connectivity index (χ1n) is 13.5. The monoisotopic (exact) mass is 730 g/mol. The summed E-state index contributed by atoms with van der Waals surface area (Å²) in [4.78, 5) is 67.0. The van der Waals surface area contributed by atoms with E-state index in [1.807, 2.05) is 0 Å². The van der Waals surface area contributed by atoms with Gasteiger partial charge in [0, 0.05) is 27.4 Å². The number of rotatable bonds is 8. The van der Waals surface area contributed by atoms with Gasteiger partial charge in [0.2, 0.25) is 0 Å². The Hall–Kier alpha value is -5.38. The van der Waals surface area contributed by atoms with Crippen LogP contribution >= 0.6 is 39.9 Å². The van der Waals surface area contributed by atoms with Gasteiger partial charge >= 0.3 is 6.03 Å². The van der Waals surface area contributed by atoms with Gasteiger partial charge in [-0.3, -0.25) is 35.0 Å². The maximum Gasteiger partial charge on any atom is 0.340 e. The minimum Gasteiger partial charge on any atom is -0.546 e. The number of nitrogens with one attached hydrogen (secondary N) is 3. The van der Waals surface area contributed by atoms with Gasteiger partial charge in [-0.15, -0.1) is 0 Å². The molecule has 1 aliphatic rings. The minimum atomic E-state index is -1.33. The normalized spacial score (nSPS) is 13.3. The van der Waals surface area contributed by atoms with E-state index in [0.717, 1.165) is 16.2 Å². The molecule has 1 saturated heterocycles. The van der Waals surface area contributed by atoms with Crippen LogP contribution in [0.25, 0.3) is 17.3 Å². The molecule has 0 saturated carbocycles. The van der Waals surface area contributed by atoms with Gasteiger partial charge in [0.15, 0.2) is 4.32 Å². The number of thioether (sulfide) groups is 1. The molecule has 47 heavy (non-hydrogen) atoms. The molecular weight excluding hydrogens is 710 g/mol. The number of carbonyl (C=O) groups excluding carboxylic acids is 5. The number of imide groups is 1. The number of anilines is 1. The lowest BCUT2D eigenvalue weighted by Gasteiger charge is -2.15. The number of hydrogen-bond donors (Lipinski definition) is 3. The highest BCUT2D eigenvalue weighted by atomic mass is 79.9. The quantitative estimate of drug-likeness (QED) is 0.138. The molecule has 5 amide bonds. The molecule has 0 bridgehead atoms. The summed E-state index contributed by atoms with van der Waals surface area (Å²) in [7, 11) is 0. The summed E-state index contributed by atoms with van der Waals surface area (Å²) in [5.41, 5.74) is 7.19. The average Bonchev–Trinajstić information content (AvgIpc) is 3.35. The molecule has 4 aromatic rings. The summed E-state index contributed by atoms with van der Waals surface area (Å²) >= 11 is 9.89. The van der Waals surface area contributed by atoms with Crippen LogP contribution in [0, 0.1) is 0 Å². The summed E-state index contributed by atoms with van der Waals surface area (Å²) in [6.07, 6.45) is 3.11. The summed E-state index contributed by atoms with van der Waals surface area (Å²) in [6, 6.07) is 21.9. The number of aliphatic carboxylic acids is 1. The van der Waals surface area contributed by atoms with Gasteiger partial charge in [0.1, 0.15) is 12.4 Å². The number of aromatic nitrogens is 1.